The van der Waals surface area contributed by atoms with Gasteiger partial charge in [0.25, 0.3) is 11.8 Å². The summed E-state index contributed by atoms with van der Waals surface area (Å²) < 4.78 is 35.1. The molecule has 1 unspecified atom stereocenters. The number of primary amides is 1. The van der Waals surface area contributed by atoms with Crippen LogP contribution in [0.25, 0.3) is 16.6 Å². The maximum atomic E-state index is 13.6. The zero-order chi connectivity index (χ0) is 30.0. The van der Waals surface area contributed by atoms with Gasteiger partial charge in [-0.3, -0.25) is 14.4 Å². The number of ether oxygens (including phenoxy) is 1. The number of carbonyl (C=O) groups is 3. The van der Waals surface area contributed by atoms with Gasteiger partial charge in [0.05, 0.1) is 23.4 Å². The largest absolute Gasteiger partial charge is 0.484 e. The van der Waals surface area contributed by atoms with Crippen LogP contribution in [0.2, 0.25) is 0 Å². The molecule has 0 bridgehead atoms. The maximum absolute atomic E-state index is 13.6. The van der Waals surface area contributed by atoms with Crippen molar-refractivity contribution in [2.24, 2.45) is 5.73 Å². The fraction of sp³-hybridized carbons (Fsp3) is 0.290. The molecule has 0 aliphatic carbocycles. The molecule has 1 aromatic heterocycles. The molecular weight excluding hydrogens is 544 g/mol. The van der Waals surface area contributed by atoms with Crippen LogP contribution in [0.15, 0.2) is 79.0 Å². The summed E-state index contributed by atoms with van der Waals surface area (Å²) in [5, 5.41) is 7.60. The first-order valence-corrected chi connectivity index (χ1v) is 13.6. The van der Waals surface area contributed by atoms with Crippen LogP contribution in [0.1, 0.15) is 48.7 Å². The van der Waals surface area contributed by atoms with Crippen molar-refractivity contribution in [1.82, 2.24) is 20.0 Å². The Morgan fingerprint density at radius 3 is 2.55 bits per heavy atom. The highest BCUT2D eigenvalue weighted by Gasteiger charge is 2.35. The van der Waals surface area contributed by atoms with Crippen molar-refractivity contribution in [3.8, 4) is 11.4 Å². The molecule has 3 aromatic carbocycles. The first kappa shape index (κ1) is 28.7. The number of benzene rings is 3. The van der Waals surface area contributed by atoms with E-state index in [9.17, 15) is 23.2 Å². The molecule has 4 aromatic rings. The Morgan fingerprint density at radius 2 is 1.83 bits per heavy atom. The maximum Gasteiger partial charge on any atom is 0.321 e. The summed E-state index contributed by atoms with van der Waals surface area (Å²) in [7, 11) is 0. The van der Waals surface area contributed by atoms with E-state index in [0.29, 0.717) is 48.9 Å². The third-order valence-corrected chi connectivity index (χ3v) is 7.32. The lowest BCUT2D eigenvalue weighted by atomic mass is 10.0. The Balaban J connectivity index is 1.40. The van der Waals surface area contributed by atoms with Crippen molar-refractivity contribution >= 4 is 28.6 Å². The van der Waals surface area contributed by atoms with E-state index >= 15 is 0 Å². The van der Waals surface area contributed by atoms with E-state index in [1.165, 1.54) is 4.90 Å². The van der Waals surface area contributed by atoms with Gasteiger partial charge in [-0.05, 0) is 61.7 Å². The molecule has 1 aliphatic heterocycles. The summed E-state index contributed by atoms with van der Waals surface area (Å²) >= 11 is 0. The van der Waals surface area contributed by atoms with Gasteiger partial charge in [-0.15, -0.1) is 0 Å². The van der Waals surface area contributed by atoms with Crippen LogP contribution >= 0.6 is 0 Å². The average molecular weight is 576 g/mol. The molecule has 9 nitrogen and oxygen atoms in total. The second-order valence-electron chi connectivity index (χ2n) is 10.5. The first-order chi connectivity index (χ1) is 20.0. The first-order valence-electron chi connectivity index (χ1n) is 13.6. The molecular formula is C31H31F2N5O4. The van der Waals surface area contributed by atoms with Gasteiger partial charge in [0.2, 0.25) is 5.91 Å². The zero-order valence-corrected chi connectivity index (χ0v) is 23.2. The Labute approximate surface area is 241 Å². The van der Waals surface area contributed by atoms with Crippen LogP contribution in [-0.2, 0) is 9.59 Å². The molecule has 218 valence electrons. The van der Waals surface area contributed by atoms with E-state index < -0.39 is 35.9 Å². The van der Waals surface area contributed by atoms with Crippen molar-refractivity contribution in [1.29, 1.82) is 0 Å². The molecule has 0 saturated carbocycles. The van der Waals surface area contributed by atoms with E-state index in [1.807, 2.05) is 12.1 Å². The van der Waals surface area contributed by atoms with Crippen LogP contribution < -0.4 is 15.8 Å². The number of carbonyl (C=O) groups excluding carboxylic acids is 3. The standard InChI is InChI=1S/C31H31F2N5O4/c1-19(36-30(41)31(2,32)33)27(20-8-4-3-5-9-20)42-24-13-14-25-22(17-24)18-35-38(25)23-11-6-10-21(16-23)29(40)37-15-7-12-26(37)28(34)39/h3-6,8-11,13-14,16-19,26-27H,7,12,15H2,1-2H3,(H2,34,39)(H,36,41)/t19-,26+,27?/m0/s1. The highest BCUT2D eigenvalue weighted by atomic mass is 19.3. The van der Waals surface area contributed by atoms with Crippen molar-refractivity contribution in [2.75, 3.05) is 6.54 Å². The van der Waals surface area contributed by atoms with Crippen molar-refractivity contribution in [3.63, 3.8) is 0 Å². The molecule has 5 rings (SSSR count). The summed E-state index contributed by atoms with van der Waals surface area (Å²) in [6.45, 7) is 2.63. The Morgan fingerprint density at radius 1 is 1.07 bits per heavy atom. The van der Waals surface area contributed by atoms with Crippen LogP contribution in [0.3, 0.4) is 0 Å². The fourth-order valence-corrected chi connectivity index (χ4v) is 5.19. The molecule has 0 spiro atoms. The smallest absolute Gasteiger partial charge is 0.321 e. The highest BCUT2D eigenvalue weighted by Crippen LogP contribution is 2.30. The number of amides is 3. The number of aromatic nitrogens is 2. The predicted molar refractivity (Wildman–Crippen MR) is 152 cm³/mol. The Kier molecular flexibility index (Phi) is 7.93. The summed E-state index contributed by atoms with van der Waals surface area (Å²) in [5.41, 5.74) is 8.02. The SMILES string of the molecule is C[C@H](NC(=O)C(C)(F)F)C(Oc1ccc2c(cnn2-c2cccc(C(=O)N3CCC[C@@H]3C(N)=O)c2)c1)c1ccccc1. The molecule has 42 heavy (non-hydrogen) atoms. The summed E-state index contributed by atoms with van der Waals surface area (Å²) in [6.07, 6.45) is 2.17. The normalized spacial score (nSPS) is 16.7. The molecule has 3 N–H and O–H groups in total. The Hall–Kier alpha value is -4.80. The second-order valence-corrected chi connectivity index (χ2v) is 10.5. The summed E-state index contributed by atoms with van der Waals surface area (Å²) in [6, 6.07) is 20.0. The summed E-state index contributed by atoms with van der Waals surface area (Å²) in [5.74, 6) is -5.23. The van der Waals surface area contributed by atoms with Gasteiger partial charge in [-0.1, -0.05) is 36.4 Å². The van der Waals surface area contributed by atoms with Crippen molar-refractivity contribution < 1.29 is 27.9 Å². The number of hydrogen-bond acceptors (Lipinski definition) is 5. The molecule has 11 heteroatoms. The number of nitrogens with two attached hydrogens (primary N) is 1. The van der Waals surface area contributed by atoms with Gasteiger partial charge >= 0.3 is 5.92 Å². The monoisotopic (exact) mass is 575 g/mol. The lowest BCUT2D eigenvalue weighted by Gasteiger charge is -2.27. The number of rotatable bonds is 9. The van der Waals surface area contributed by atoms with E-state index in [-0.39, 0.29) is 5.91 Å². The third-order valence-electron chi connectivity index (χ3n) is 7.32. The average Bonchev–Trinajstić information content (AvgIpc) is 3.63. The lowest BCUT2D eigenvalue weighted by molar-refractivity contribution is -0.144. The van der Waals surface area contributed by atoms with Gasteiger partial charge in [0.1, 0.15) is 17.9 Å². The summed E-state index contributed by atoms with van der Waals surface area (Å²) in [4.78, 5) is 38.5. The van der Waals surface area contributed by atoms with E-state index in [1.54, 1.807) is 78.5 Å². The molecule has 0 radical (unpaired) electrons. The van der Waals surface area contributed by atoms with Crippen molar-refractivity contribution in [2.45, 2.75) is 50.8 Å². The van der Waals surface area contributed by atoms with Crippen LogP contribution in [0.4, 0.5) is 8.78 Å². The number of hydrogen-bond donors (Lipinski definition) is 2. The number of nitrogens with one attached hydrogen (secondary N) is 1. The van der Waals surface area contributed by atoms with Gasteiger partial charge in [-0.25, -0.2) is 4.68 Å². The zero-order valence-electron chi connectivity index (χ0n) is 23.2. The number of fused-ring (bicyclic) bond motifs is 1. The van der Waals surface area contributed by atoms with E-state index in [4.69, 9.17) is 10.5 Å². The molecule has 3 atom stereocenters. The minimum atomic E-state index is -3.52. The molecule has 1 saturated heterocycles. The van der Waals surface area contributed by atoms with Gasteiger partial charge in [-0.2, -0.15) is 13.9 Å². The number of alkyl halides is 2. The minimum absolute atomic E-state index is 0.265. The quantitative estimate of drug-likeness (QED) is 0.307. The van der Waals surface area contributed by atoms with Crippen molar-refractivity contribution in [3.05, 3.63) is 90.1 Å². The number of likely N-dealkylation sites (tertiary alicyclic amines) is 1. The predicted octanol–water partition coefficient (Wildman–Crippen LogP) is 4.40. The second kappa shape index (κ2) is 11.6. The van der Waals surface area contributed by atoms with E-state index in [0.717, 1.165) is 10.9 Å². The minimum Gasteiger partial charge on any atom is -0.484 e. The van der Waals surface area contributed by atoms with Gasteiger partial charge in [0.15, 0.2) is 0 Å². The highest BCUT2D eigenvalue weighted by molar-refractivity contribution is 5.98. The van der Waals surface area contributed by atoms with Gasteiger partial charge in [0, 0.05) is 24.4 Å². The topological polar surface area (TPSA) is 120 Å². The van der Waals surface area contributed by atoms with Crippen LogP contribution in [0, 0.1) is 0 Å². The molecule has 1 aliphatic rings. The third kappa shape index (κ3) is 5.95. The molecule has 2 heterocycles. The lowest BCUT2D eigenvalue weighted by Crippen LogP contribution is -2.46. The van der Waals surface area contributed by atoms with Gasteiger partial charge < -0.3 is 20.7 Å². The molecule has 3 amide bonds. The molecule has 1 fully saturated rings. The van der Waals surface area contributed by atoms with Crippen LogP contribution in [-0.4, -0.2) is 57.0 Å². The Bertz CT molecular complexity index is 1620. The van der Waals surface area contributed by atoms with E-state index in [2.05, 4.69) is 10.4 Å². The fourth-order valence-electron chi connectivity index (χ4n) is 5.19. The number of halogens is 2. The number of nitrogens with zero attached hydrogens (tertiary/aromatic N) is 3. The van der Waals surface area contributed by atoms with Crippen LogP contribution in [0.5, 0.6) is 5.75 Å².